The fourth-order valence-corrected chi connectivity index (χ4v) is 5.36. The van der Waals surface area contributed by atoms with E-state index in [0.717, 1.165) is 25.7 Å². The fourth-order valence-electron chi connectivity index (χ4n) is 3.82. The molecule has 0 aromatic heterocycles. The predicted molar refractivity (Wildman–Crippen MR) is 101 cm³/mol. The van der Waals surface area contributed by atoms with Gasteiger partial charge in [0.2, 0.25) is 15.9 Å². The lowest BCUT2D eigenvalue weighted by molar-refractivity contribution is -0.123. The first-order valence-corrected chi connectivity index (χ1v) is 11.5. The number of sulfonamides is 1. The smallest absolute Gasteiger partial charge is 0.234 e. The Bertz CT molecular complexity index is 516. The van der Waals surface area contributed by atoms with Gasteiger partial charge in [-0.05, 0) is 25.2 Å². The second-order valence-corrected chi connectivity index (χ2v) is 9.72. The molecule has 0 aromatic carbocycles. The molecule has 146 valence electrons. The van der Waals surface area contributed by atoms with Gasteiger partial charge in [-0.2, -0.15) is 4.31 Å². The number of nitrogens with one attached hydrogen (secondary N) is 1. The van der Waals surface area contributed by atoms with Gasteiger partial charge in [-0.1, -0.05) is 39.5 Å². The van der Waals surface area contributed by atoms with Gasteiger partial charge in [0.15, 0.2) is 0 Å². The average Bonchev–Trinajstić information content (AvgIpc) is 2.57. The molecule has 0 aromatic rings. The maximum Gasteiger partial charge on any atom is 0.234 e. The largest absolute Gasteiger partial charge is 0.352 e. The highest BCUT2D eigenvalue weighted by Crippen LogP contribution is 2.23. The normalized spacial score (nSPS) is 26.5. The number of nitrogens with zero attached hydrogens (tertiary/aromatic N) is 2. The summed E-state index contributed by atoms with van der Waals surface area (Å²) in [4.78, 5) is 14.4. The first-order chi connectivity index (χ1) is 11.9. The van der Waals surface area contributed by atoms with Crippen LogP contribution >= 0.6 is 0 Å². The standard InChI is InChI=1S/C18H35N3O3S/c1-3-4-7-14-25(23,24)21-12-10-20(11-13-21)15-18(22)19-17-9-6-5-8-16(17)2/h16-17H,3-15H2,1-2H3,(H,19,22). The fraction of sp³-hybridized carbons (Fsp3) is 0.944. The molecule has 1 saturated heterocycles. The SMILES string of the molecule is CCCCCS(=O)(=O)N1CCN(CC(=O)NC2CCCCC2C)CC1. The molecule has 1 heterocycles. The van der Waals surface area contributed by atoms with Crippen LogP contribution in [-0.4, -0.2) is 68.0 Å². The molecule has 2 fully saturated rings. The predicted octanol–water partition coefficient (Wildman–Crippen LogP) is 1.82. The lowest BCUT2D eigenvalue weighted by atomic mass is 9.86. The van der Waals surface area contributed by atoms with Gasteiger partial charge in [0, 0.05) is 32.2 Å². The molecule has 1 amide bonds. The van der Waals surface area contributed by atoms with Crippen LogP contribution in [0.4, 0.5) is 0 Å². The van der Waals surface area contributed by atoms with E-state index in [1.165, 1.54) is 19.3 Å². The maximum atomic E-state index is 12.3. The number of hydrogen-bond donors (Lipinski definition) is 1. The minimum absolute atomic E-state index is 0.0815. The summed E-state index contributed by atoms with van der Waals surface area (Å²) in [6, 6.07) is 0.307. The molecule has 6 nitrogen and oxygen atoms in total. The van der Waals surface area contributed by atoms with Crippen molar-refractivity contribution in [2.24, 2.45) is 5.92 Å². The van der Waals surface area contributed by atoms with E-state index in [2.05, 4.69) is 24.1 Å². The van der Waals surface area contributed by atoms with Crippen molar-refractivity contribution in [1.82, 2.24) is 14.5 Å². The second-order valence-electron chi connectivity index (χ2n) is 7.63. The summed E-state index contributed by atoms with van der Waals surface area (Å²) >= 11 is 0. The summed E-state index contributed by atoms with van der Waals surface area (Å²) in [5, 5.41) is 3.18. The molecule has 2 unspecified atom stereocenters. The number of amides is 1. The first kappa shape index (κ1) is 20.6. The summed E-state index contributed by atoms with van der Waals surface area (Å²) in [5.41, 5.74) is 0. The van der Waals surface area contributed by atoms with Crippen molar-refractivity contribution >= 4 is 15.9 Å². The van der Waals surface area contributed by atoms with Gasteiger partial charge in [0.25, 0.3) is 0 Å². The van der Waals surface area contributed by atoms with Crippen molar-refractivity contribution in [2.75, 3.05) is 38.5 Å². The summed E-state index contributed by atoms with van der Waals surface area (Å²) < 4.78 is 26.2. The van der Waals surface area contributed by atoms with Gasteiger partial charge in [0.05, 0.1) is 12.3 Å². The molecule has 0 bridgehead atoms. The van der Waals surface area contributed by atoms with Crippen molar-refractivity contribution < 1.29 is 13.2 Å². The minimum Gasteiger partial charge on any atom is -0.352 e. The molecule has 0 spiro atoms. The van der Waals surface area contributed by atoms with Crippen LogP contribution in [0.3, 0.4) is 0 Å². The van der Waals surface area contributed by atoms with Crippen LogP contribution in [0, 0.1) is 5.92 Å². The third kappa shape index (κ3) is 6.53. The van der Waals surface area contributed by atoms with Gasteiger partial charge in [-0.3, -0.25) is 9.69 Å². The van der Waals surface area contributed by atoms with E-state index in [1.807, 2.05) is 0 Å². The summed E-state index contributed by atoms with van der Waals surface area (Å²) in [6.45, 7) is 6.95. The zero-order chi connectivity index (χ0) is 18.3. The van der Waals surface area contributed by atoms with E-state index >= 15 is 0 Å². The van der Waals surface area contributed by atoms with Gasteiger partial charge >= 0.3 is 0 Å². The van der Waals surface area contributed by atoms with Gasteiger partial charge in [-0.25, -0.2) is 8.42 Å². The molecule has 2 aliphatic rings. The maximum absolute atomic E-state index is 12.3. The number of carbonyl (C=O) groups excluding carboxylic acids is 1. The van der Waals surface area contributed by atoms with Crippen molar-refractivity contribution in [2.45, 2.75) is 64.8 Å². The van der Waals surface area contributed by atoms with E-state index in [0.29, 0.717) is 44.7 Å². The van der Waals surface area contributed by atoms with Crippen molar-refractivity contribution in [3.63, 3.8) is 0 Å². The van der Waals surface area contributed by atoms with Crippen LogP contribution in [-0.2, 0) is 14.8 Å². The highest BCUT2D eigenvalue weighted by molar-refractivity contribution is 7.89. The number of carbonyl (C=O) groups is 1. The highest BCUT2D eigenvalue weighted by Gasteiger charge is 2.28. The number of piperazine rings is 1. The van der Waals surface area contributed by atoms with Crippen LogP contribution in [0.15, 0.2) is 0 Å². The van der Waals surface area contributed by atoms with Crippen LogP contribution in [0.25, 0.3) is 0 Å². The Morgan fingerprint density at radius 2 is 1.76 bits per heavy atom. The quantitative estimate of drug-likeness (QED) is 0.659. The second kappa shape index (κ2) is 9.88. The van der Waals surface area contributed by atoms with Crippen molar-refractivity contribution in [3.05, 3.63) is 0 Å². The molecule has 1 aliphatic heterocycles. The third-order valence-electron chi connectivity index (χ3n) is 5.56. The van der Waals surface area contributed by atoms with Crippen molar-refractivity contribution in [1.29, 1.82) is 0 Å². The first-order valence-electron chi connectivity index (χ1n) is 9.92. The number of rotatable bonds is 8. The summed E-state index contributed by atoms with van der Waals surface area (Å²) in [6.07, 6.45) is 7.46. The zero-order valence-corrected chi connectivity index (χ0v) is 16.7. The Kier molecular flexibility index (Phi) is 8.16. The van der Waals surface area contributed by atoms with Crippen molar-refractivity contribution in [3.8, 4) is 0 Å². The number of hydrogen-bond acceptors (Lipinski definition) is 4. The highest BCUT2D eigenvalue weighted by atomic mass is 32.2. The Morgan fingerprint density at radius 1 is 1.08 bits per heavy atom. The van der Waals surface area contributed by atoms with Crippen LogP contribution in [0.1, 0.15) is 58.8 Å². The Morgan fingerprint density at radius 3 is 2.40 bits per heavy atom. The molecule has 1 N–H and O–H groups in total. The molecular formula is C18H35N3O3S. The topological polar surface area (TPSA) is 69.7 Å². The minimum atomic E-state index is -3.13. The van der Waals surface area contributed by atoms with Crippen LogP contribution in [0.5, 0.6) is 0 Å². The van der Waals surface area contributed by atoms with Crippen LogP contribution in [0.2, 0.25) is 0 Å². The van der Waals surface area contributed by atoms with Gasteiger partial charge < -0.3 is 5.32 Å². The molecule has 1 aliphatic carbocycles. The zero-order valence-electron chi connectivity index (χ0n) is 15.9. The lowest BCUT2D eigenvalue weighted by Gasteiger charge is -2.34. The van der Waals surface area contributed by atoms with E-state index in [4.69, 9.17) is 0 Å². The molecule has 25 heavy (non-hydrogen) atoms. The molecule has 7 heteroatoms. The summed E-state index contributed by atoms with van der Waals surface area (Å²) in [5.74, 6) is 0.891. The average molecular weight is 374 g/mol. The van der Waals surface area contributed by atoms with E-state index in [9.17, 15) is 13.2 Å². The van der Waals surface area contributed by atoms with Gasteiger partial charge in [0.1, 0.15) is 0 Å². The van der Waals surface area contributed by atoms with E-state index in [1.54, 1.807) is 4.31 Å². The van der Waals surface area contributed by atoms with Crippen LogP contribution < -0.4 is 5.32 Å². The molecule has 2 rings (SSSR count). The third-order valence-corrected chi connectivity index (χ3v) is 7.51. The monoisotopic (exact) mass is 373 g/mol. The summed E-state index contributed by atoms with van der Waals surface area (Å²) in [7, 11) is -3.13. The molecule has 2 atom stereocenters. The van der Waals surface area contributed by atoms with E-state index < -0.39 is 10.0 Å². The number of unbranched alkanes of at least 4 members (excludes halogenated alkanes) is 2. The van der Waals surface area contributed by atoms with E-state index in [-0.39, 0.29) is 11.7 Å². The van der Waals surface area contributed by atoms with Gasteiger partial charge in [-0.15, -0.1) is 0 Å². The Labute approximate surface area is 153 Å². The molecular weight excluding hydrogens is 338 g/mol. The Balaban J connectivity index is 1.71. The molecule has 1 saturated carbocycles. The molecule has 0 radical (unpaired) electrons. The lowest BCUT2D eigenvalue weighted by Crippen LogP contribution is -2.52. The Hall–Kier alpha value is -0.660.